The number of aromatic hydroxyl groups is 1. The van der Waals surface area contributed by atoms with Gasteiger partial charge in [-0.25, -0.2) is 4.79 Å². The number of halogens is 3. The molecule has 0 saturated heterocycles. The minimum absolute atomic E-state index is 0.0847. The maximum atomic E-state index is 12.6. The van der Waals surface area contributed by atoms with Crippen LogP contribution in [0.2, 0.25) is 0 Å². The van der Waals surface area contributed by atoms with Crippen molar-refractivity contribution in [2.45, 2.75) is 25.4 Å². The van der Waals surface area contributed by atoms with Crippen molar-refractivity contribution in [1.29, 1.82) is 0 Å². The first kappa shape index (κ1) is 17.8. The molecule has 0 bridgehead atoms. The van der Waals surface area contributed by atoms with Gasteiger partial charge in [-0.05, 0) is 43.0 Å². The predicted molar refractivity (Wildman–Crippen MR) is 82.8 cm³/mol. The number of phenolic OH excluding ortho intramolecular Hbond substituents is 1. The van der Waals surface area contributed by atoms with E-state index < -0.39 is 29.0 Å². The fourth-order valence-corrected chi connectivity index (χ4v) is 2.19. The Labute approximate surface area is 137 Å². The van der Waals surface area contributed by atoms with Gasteiger partial charge in [-0.1, -0.05) is 30.3 Å². The summed E-state index contributed by atoms with van der Waals surface area (Å²) in [6.07, 6.45) is -2.39. The summed E-state index contributed by atoms with van der Waals surface area (Å²) in [6.45, 7) is 0.0847. The minimum Gasteiger partial charge on any atom is -0.507 e. The highest BCUT2D eigenvalue weighted by Crippen LogP contribution is 2.32. The van der Waals surface area contributed by atoms with E-state index in [1.165, 1.54) is 5.56 Å². The first-order valence-corrected chi connectivity index (χ1v) is 7.49. The molecule has 24 heavy (non-hydrogen) atoms. The van der Waals surface area contributed by atoms with Crippen molar-refractivity contribution in [2.24, 2.45) is 0 Å². The third kappa shape index (κ3) is 5.01. The van der Waals surface area contributed by atoms with Crippen LogP contribution < -0.4 is 0 Å². The molecule has 2 aromatic rings. The molecule has 0 atom stereocenters. The van der Waals surface area contributed by atoms with Crippen LogP contribution in [0.25, 0.3) is 0 Å². The van der Waals surface area contributed by atoms with Crippen molar-refractivity contribution in [3.63, 3.8) is 0 Å². The fourth-order valence-electron chi connectivity index (χ4n) is 2.19. The van der Waals surface area contributed by atoms with Crippen LogP contribution in [0, 0.1) is 0 Å². The number of alkyl halides is 3. The molecule has 0 aliphatic carbocycles. The lowest BCUT2D eigenvalue weighted by molar-refractivity contribution is -0.137. The number of esters is 1. The quantitative estimate of drug-likeness (QED) is 0.619. The second-order valence-electron chi connectivity index (χ2n) is 5.31. The monoisotopic (exact) mass is 338 g/mol. The maximum Gasteiger partial charge on any atom is 0.416 e. The number of ether oxygens (including phenoxy) is 1. The molecule has 0 saturated carbocycles. The Morgan fingerprint density at radius 2 is 1.75 bits per heavy atom. The van der Waals surface area contributed by atoms with Crippen LogP contribution in [0.4, 0.5) is 13.2 Å². The molecule has 128 valence electrons. The lowest BCUT2D eigenvalue weighted by Gasteiger charge is -2.10. The number of carbonyl (C=O) groups is 1. The second kappa shape index (κ2) is 7.86. The third-order valence-corrected chi connectivity index (χ3v) is 3.48. The summed E-state index contributed by atoms with van der Waals surface area (Å²) in [5, 5.41) is 9.55. The summed E-state index contributed by atoms with van der Waals surface area (Å²) in [7, 11) is 0. The van der Waals surface area contributed by atoms with Gasteiger partial charge in [0.05, 0.1) is 12.2 Å². The predicted octanol–water partition coefficient (Wildman–Crippen LogP) is 4.59. The van der Waals surface area contributed by atoms with Gasteiger partial charge >= 0.3 is 12.1 Å². The van der Waals surface area contributed by atoms with Crippen molar-refractivity contribution < 1.29 is 27.8 Å². The molecule has 0 spiro atoms. The van der Waals surface area contributed by atoms with E-state index >= 15 is 0 Å². The average molecular weight is 338 g/mol. The van der Waals surface area contributed by atoms with E-state index in [1.54, 1.807) is 0 Å². The highest BCUT2D eigenvalue weighted by atomic mass is 19.4. The summed E-state index contributed by atoms with van der Waals surface area (Å²) in [5.74, 6) is -1.49. The molecule has 6 heteroatoms. The molecular weight excluding hydrogens is 321 g/mol. The van der Waals surface area contributed by atoms with Gasteiger partial charge in [0.25, 0.3) is 0 Å². The van der Waals surface area contributed by atoms with Gasteiger partial charge in [-0.15, -0.1) is 0 Å². The van der Waals surface area contributed by atoms with E-state index in [0.29, 0.717) is 18.6 Å². The van der Waals surface area contributed by atoms with Crippen LogP contribution in [0.5, 0.6) is 5.75 Å². The topological polar surface area (TPSA) is 46.5 Å². The van der Waals surface area contributed by atoms with Crippen LogP contribution in [0.1, 0.15) is 34.3 Å². The van der Waals surface area contributed by atoms with Crippen LogP contribution in [-0.2, 0) is 17.3 Å². The lowest BCUT2D eigenvalue weighted by atomic mass is 10.1. The summed E-state index contributed by atoms with van der Waals surface area (Å²) in [6, 6.07) is 11.9. The average Bonchev–Trinajstić information content (AvgIpc) is 2.54. The normalized spacial score (nSPS) is 11.3. The molecule has 0 radical (unpaired) electrons. The molecule has 0 aliphatic rings. The SMILES string of the molecule is O=C(OCCCCc1ccccc1)c1cc(C(F)(F)F)ccc1O. The van der Waals surface area contributed by atoms with E-state index in [4.69, 9.17) is 4.74 Å². The summed E-state index contributed by atoms with van der Waals surface area (Å²) in [5.41, 5.74) is -0.316. The Kier molecular flexibility index (Phi) is 5.84. The number of phenols is 1. The van der Waals surface area contributed by atoms with E-state index in [1.807, 2.05) is 30.3 Å². The number of hydrogen-bond donors (Lipinski definition) is 1. The minimum atomic E-state index is -4.58. The Morgan fingerprint density at radius 3 is 2.42 bits per heavy atom. The molecule has 2 aromatic carbocycles. The Bertz CT molecular complexity index is 682. The van der Waals surface area contributed by atoms with Crippen molar-refractivity contribution in [3.8, 4) is 5.75 Å². The molecule has 3 nitrogen and oxygen atoms in total. The summed E-state index contributed by atoms with van der Waals surface area (Å²) in [4.78, 5) is 11.8. The lowest BCUT2D eigenvalue weighted by Crippen LogP contribution is -2.10. The first-order valence-electron chi connectivity index (χ1n) is 7.49. The zero-order chi connectivity index (χ0) is 17.6. The Balaban J connectivity index is 1.84. The molecule has 0 fully saturated rings. The van der Waals surface area contributed by atoms with Crippen LogP contribution in [-0.4, -0.2) is 17.7 Å². The third-order valence-electron chi connectivity index (χ3n) is 3.48. The van der Waals surface area contributed by atoms with Crippen LogP contribution in [0.3, 0.4) is 0 Å². The molecule has 0 heterocycles. The highest BCUT2D eigenvalue weighted by Gasteiger charge is 2.32. The standard InChI is InChI=1S/C18H17F3O3/c19-18(20,21)14-9-10-16(22)15(12-14)17(23)24-11-5-4-8-13-6-2-1-3-7-13/h1-3,6-7,9-10,12,22H,4-5,8,11H2. The molecule has 0 aliphatic heterocycles. The molecule has 0 unspecified atom stereocenters. The highest BCUT2D eigenvalue weighted by molar-refractivity contribution is 5.92. The van der Waals surface area contributed by atoms with Crippen LogP contribution in [0.15, 0.2) is 48.5 Å². The number of unbranched alkanes of at least 4 members (excludes halogenated alkanes) is 1. The molecule has 0 amide bonds. The van der Waals surface area contributed by atoms with Crippen molar-refractivity contribution in [3.05, 3.63) is 65.2 Å². The van der Waals surface area contributed by atoms with Gasteiger partial charge in [0.2, 0.25) is 0 Å². The smallest absolute Gasteiger partial charge is 0.416 e. The van der Waals surface area contributed by atoms with E-state index in [9.17, 15) is 23.1 Å². The van der Waals surface area contributed by atoms with Gasteiger partial charge in [0.15, 0.2) is 0 Å². The number of hydrogen-bond acceptors (Lipinski definition) is 3. The molecule has 0 aromatic heterocycles. The van der Waals surface area contributed by atoms with Gasteiger partial charge in [0, 0.05) is 0 Å². The molecular formula is C18H17F3O3. The zero-order valence-electron chi connectivity index (χ0n) is 12.8. The van der Waals surface area contributed by atoms with E-state index in [2.05, 4.69) is 0 Å². The van der Waals surface area contributed by atoms with Gasteiger partial charge in [-0.2, -0.15) is 13.2 Å². The number of rotatable bonds is 6. The van der Waals surface area contributed by atoms with Gasteiger partial charge < -0.3 is 9.84 Å². The Morgan fingerprint density at radius 1 is 1.04 bits per heavy atom. The van der Waals surface area contributed by atoms with Gasteiger partial charge in [-0.3, -0.25) is 0 Å². The maximum absolute atomic E-state index is 12.6. The van der Waals surface area contributed by atoms with Crippen molar-refractivity contribution in [1.82, 2.24) is 0 Å². The van der Waals surface area contributed by atoms with Gasteiger partial charge in [0.1, 0.15) is 11.3 Å². The molecule has 2 rings (SSSR count). The van der Waals surface area contributed by atoms with Crippen LogP contribution >= 0.6 is 0 Å². The fraction of sp³-hybridized carbons (Fsp3) is 0.278. The van der Waals surface area contributed by atoms with E-state index in [0.717, 1.165) is 18.9 Å². The van der Waals surface area contributed by atoms with Crippen molar-refractivity contribution in [2.75, 3.05) is 6.61 Å². The Hall–Kier alpha value is -2.50. The number of carbonyl (C=O) groups excluding carboxylic acids is 1. The summed E-state index contributed by atoms with van der Waals surface area (Å²) >= 11 is 0. The summed E-state index contributed by atoms with van der Waals surface area (Å²) < 4.78 is 42.9. The van der Waals surface area contributed by atoms with E-state index in [-0.39, 0.29) is 6.61 Å². The number of benzene rings is 2. The largest absolute Gasteiger partial charge is 0.507 e. The molecule has 1 N–H and O–H groups in total. The first-order chi connectivity index (χ1) is 11.4. The van der Waals surface area contributed by atoms with Crippen molar-refractivity contribution >= 4 is 5.97 Å². The second-order valence-corrected chi connectivity index (χ2v) is 5.31. The zero-order valence-corrected chi connectivity index (χ0v) is 12.8. The number of aryl methyl sites for hydroxylation is 1.